The standard InChI is InChI=1S/C18H15BrFN/c19-12-9-7-11(8-10-12)17-14-4-1-3-13(14)15-5-2-6-16(20)18(15)21-17/h1-3,5-10,13-14,17,21H,4H2/t13-,14+,17-/m1/s1. The molecule has 0 radical (unpaired) electrons. The van der Waals surface area contributed by atoms with Crippen molar-refractivity contribution in [1.29, 1.82) is 0 Å². The van der Waals surface area contributed by atoms with Crippen molar-refractivity contribution in [2.45, 2.75) is 18.4 Å². The van der Waals surface area contributed by atoms with Crippen LogP contribution in [0.2, 0.25) is 0 Å². The monoisotopic (exact) mass is 343 g/mol. The first-order valence-electron chi connectivity index (χ1n) is 7.21. The molecule has 1 nitrogen and oxygen atoms in total. The molecule has 2 aromatic rings. The third kappa shape index (κ3) is 2.11. The molecule has 1 aliphatic heterocycles. The van der Waals surface area contributed by atoms with Gasteiger partial charge in [-0.3, -0.25) is 0 Å². The van der Waals surface area contributed by atoms with E-state index in [-0.39, 0.29) is 11.9 Å². The van der Waals surface area contributed by atoms with Crippen molar-refractivity contribution in [3.05, 3.63) is 76.0 Å². The van der Waals surface area contributed by atoms with E-state index in [4.69, 9.17) is 0 Å². The number of hydrogen-bond donors (Lipinski definition) is 1. The Balaban J connectivity index is 1.81. The molecule has 1 N–H and O–H groups in total. The molecular formula is C18H15BrFN. The molecule has 0 spiro atoms. The third-order valence-electron chi connectivity index (χ3n) is 4.58. The summed E-state index contributed by atoms with van der Waals surface area (Å²) < 4.78 is 15.3. The lowest BCUT2D eigenvalue weighted by molar-refractivity contribution is 0.421. The van der Waals surface area contributed by atoms with Crippen LogP contribution < -0.4 is 5.32 Å². The van der Waals surface area contributed by atoms with Gasteiger partial charge in [-0.15, -0.1) is 0 Å². The van der Waals surface area contributed by atoms with Gasteiger partial charge < -0.3 is 5.32 Å². The highest BCUT2D eigenvalue weighted by Gasteiger charge is 2.38. The van der Waals surface area contributed by atoms with Crippen LogP contribution in [0.1, 0.15) is 29.5 Å². The average molecular weight is 344 g/mol. The molecule has 3 heteroatoms. The highest BCUT2D eigenvalue weighted by atomic mass is 79.9. The lowest BCUT2D eigenvalue weighted by Crippen LogP contribution is -2.29. The summed E-state index contributed by atoms with van der Waals surface area (Å²) in [6.45, 7) is 0. The molecule has 0 saturated carbocycles. The zero-order valence-corrected chi connectivity index (χ0v) is 13.0. The number of hydrogen-bond acceptors (Lipinski definition) is 1. The average Bonchev–Trinajstić information content (AvgIpc) is 2.98. The first-order chi connectivity index (χ1) is 10.2. The lowest BCUT2D eigenvalue weighted by atomic mass is 9.77. The predicted octanol–water partition coefficient (Wildman–Crippen LogP) is 5.41. The largest absolute Gasteiger partial charge is 0.375 e. The van der Waals surface area contributed by atoms with Crippen LogP contribution in [0.15, 0.2) is 59.1 Å². The Morgan fingerprint density at radius 2 is 1.90 bits per heavy atom. The van der Waals surface area contributed by atoms with Crippen LogP contribution in [0.25, 0.3) is 0 Å². The van der Waals surface area contributed by atoms with E-state index < -0.39 is 0 Å². The van der Waals surface area contributed by atoms with Crippen molar-refractivity contribution in [3.63, 3.8) is 0 Å². The van der Waals surface area contributed by atoms with Crippen molar-refractivity contribution in [1.82, 2.24) is 0 Å². The molecule has 2 aromatic carbocycles. The number of para-hydroxylation sites is 1. The Labute approximate surface area is 132 Å². The van der Waals surface area contributed by atoms with Crippen LogP contribution in [0, 0.1) is 11.7 Å². The van der Waals surface area contributed by atoms with Gasteiger partial charge in [-0.2, -0.15) is 0 Å². The van der Waals surface area contributed by atoms with Crippen molar-refractivity contribution in [2.75, 3.05) is 5.32 Å². The van der Waals surface area contributed by atoms with Crippen LogP contribution in [0.5, 0.6) is 0 Å². The molecule has 21 heavy (non-hydrogen) atoms. The van der Waals surface area contributed by atoms with Crippen LogP contribution in [0.3, 0.4) is 0 Å². The fourth-order valence-corrected chi connectivity index (χ4v) is 3.85. The SMILES string of the molecule is Fc1cccc2c1N[C@H](c1ccc(Br)cc1)[C@H]1CC=C[C@@H]21. The highest BCUT2D eigenvalue weighted by Crippen LogP contribution is 2.50. The van der Waals surface area contributed by atoms with E-state index in [0.29, 0.717) is 17.5 Å². The summed E-state index contributed by atoms with van der Waals surface area (Å²) in [4.78, 5) is 0. The maximum Gasteiger partial charge on any atom is 0.146 e. The van der Waals surface area contributed by atoms with Crippen LogP contribution in [0.4, 0.5) is 10.1 Å². The van der Waals surface area contributed by atoms with Crippen LogP contribution >= 0.6 is 15.9 Å². The zero-order valence-electron chi connectivity index (χ0n) is 11.4. The van der Waals surface area contributed by atoms with E-state index in [2.05, 4.69) is 45.5 Å². The highest BCUT2D eigenvalue weighted by molar-refractivity contribution is 9.10. The van der Waals surface area contributed by atoms with Gasteiger partial charge >= 0.3 is 0 Å². The lowest BCUT2D eigenvalue weighted by Gasteiger charge is -2.37. The molecule has 0 aromatic heterocycles. The number of fused-ring (bicyclic) bond motifs is 3. The number of benzene rings is 2. The number of anilines is 1. The second-order valence-corrected chi connectivity index (χ2v) is 6.65. The molecule has 4 rings (SSSR count). The molecule has 0 bridgehead atoms. The van der Waals surface area contributed by atoms with E-state index in [0.717, 1.165) is 16.5 Å². The first kappa shape index (κ1) is 13.1. The molecule has 3 atom stereocenters. The predicted molar refractivity (Wildman–Crippen MR) is 86.9 cm³/mol. The molecule has 106 valence electrons. The Bertz CT molecular complexity index is 708. The summed E-state index contributed by atoms with van der Waals surface area (Å²) >= 11 is 3.47. The summed E-state index contributed by atoms with van der Waals surface area (Å²) in [6.07, 6.45) is 5.49. The summed E-state index contributed by atoms with van der Waals surface area (Å²) in [7, 11) is 0. The van der Waals surface area contributed by atoms with Gasteiger partial charge in [0.05, 0.1) is 11.7 Å². The first-order valence-corrected chi connectivity index (χ1v) is 8.00. The molecule has 1 heterocycles. The fourth-order valence-electron chi connectivity index (χ4n) is 3.58. The Hall–Kier alpha value is -1.61. The van der Waals surface area contributed by atoms with E-state index >= 15 is 0 Å². The number of rotatable bonds is 1. The maximum absolute atomic E-state index is 14.2. The minimum atomic E-state index is -0.159. The molecule has 1 aliphatic carbocycles. The van der Waals surface area contributed by atoms with Gasteiger partial charge in [-0.25, -0.2) is 4.39 Å². The van der Waals surface area contributed by atoms with Gasteiger partial charge in [-0.1, -0.05) is 52.3 Å². The van der Waals surface area contributed by atoms with E-state index in [1.54, 1.807) is 6.07 Å². The van der Waals surface area contributed by atoms with Gasteiger partial charge in [0.2, 0.25) is 0 Å². The van der Waals surface area contributed by atoms with E-state index in [9.17, 15) is 4.39 Å². The smallest absolute Gasteiger partial charge is 0.146 e. The summed E-state index contributed by atoms with van der Waals surface area (Å²) in [5, 5.41) is 3.44. The van der Waals surface area contributed by atoms with Crippen molar-refractivity contribution in [3.8, 4) is 0 Å². The number of halogens is 2. The summed E-state index contributed by atoms with van der Waals surface area (Å²) in [5.74, 6) is 0.611. The summed E-state index contributed by atoms with van der Waals surface area (Å²) in [5.41, 5.74) is 2.96. The second kappa shape index (κ2) is 4.99. The fraction of sp³-hybridized carbons (Fsp3) is 0.222. The molecule has 0 unspecified atom stereocenters. The van der Waals surface area contributed by atoms with E-state index in [1.807, 2.05) is 18.2 Å². The van der Waals surface area contributed by atoms with Gasteiger partial charge in [-0.05, 0) is 41.7 Å². The normalized spacial score (nSPS) is 26.1. The molecule has 0 saturated heterocycles. The molecule has 0 amide bonds. The zero-order chi connectivity index (χ0) is 14.4. The van der Waals surface area contributed by atoms with Crippen molar-refractivity contribution < 1.29 is 4.39 Å². The van der Waals surface area contributed by atoms with Gasteiger partial charge in [0, 0.05) is 10.4 Å². The topological polar surface area (TPSA) is 12.0 Å². The Kier molecular flexibility index (Phi) is 3.11. The van der Waals surface area contributed by atoms with Crippen molar-refractivity contribution >= 4 is 21.6 Å². The van der Waals surface area contributed by atoms with Crippen LogP contribution in [-0.4, -0.2) is 0 Å². The minimum Gasteiger partial charge on any atom is -0.375 e. The second-order valence-electron chi connectivity index (χ2n) is 5.73. The number of nitrogens with one attached hydrogen (secondary N) is 1. The molecular weight excluding hydrogens is 329 g/mol. The van der Waals surface area contributed by atoms with Gasteiger partial charge in [0.25, 0.3) is 0 Å². The van der Waals surface area contributed by atoms with Crippen molar-refractivity contribution in [2.24, 2.45) is 5.92 Å². The quantitative estimate of drug-likeness (QED) is 0.682. The molecule has 2 aliphatic rings. The summed E-state index contributed by atoms with van der Waals surface area (Å²) in [6, 6.07) is 13.9. The Morgan fingerprint density at radius 3 is 2.71 bits per heavy atom. The molecule has 0 fully saturated rings. The van der Waals surface area contributed by atoms with E-state index in [1.165, 1.54) is 11.6 Å². The number of allylic oxidation sites excluding steroid dienone is 2. The maximum atomic E-state index is 14.2. The minimum absolute atomic E-state index is 0.155. The Morgan fingerprint density at radius 1 is 1.10 bits per heavy atom. The third-order valence-corrected chi connectivity index (χ3v) is 5.10. The van der Waals surface area contributed by atoms with Crippen LogP contribution in [-0.2, 0) is 0 Å². The van der Waals surface area contributed by atoms with Gasteiger partial charge in [0.15, 0.2) is 0 Å². The van der Waals surface area contributed by atoms with Gasteiger partial charge in [0.1, 0.15) is 5.82 Å².